The second-order valence-corrected chi connectivity index (χ2v) is 8.77. The molecule has 0 radical (unpaired) electrons. The molecule has 0 aliphatic carbocycles. The highest BCUT2D eigenvalue weighted by Gasteiger charge is 2.31. The van der Waals surface area contributed by atoms with E-state index in [0.717, 1.165) is 46.8 Å². The van der Waals surface area contributed by atoms with Crippen LogP contribution in [-0.2, 0) is 30.5 Å². The lowest BCUT2D eigenvalue weighted by Crippen LogP contribution is -2.41. The molecule has 13 heteroatoms. The van der Waals surface area contributed by atoms with Crippen LogP contribution < -0.4 is 5.32 Å². The Balaban J connectivity index is 1.63. The first-order valence-electron chi connectivity index (χ1n) is 9.50. The van der Waals surface area contributed by atoms with E-state index in [2.05, 4.69) is 5.32 Å². The van der Waals surface area contributed by atoms with E-state index in [0.29, 0.717) is 0 Å². The van der Waals surface area contributed by atoms with Gasteiger partial charge in [-0.05, 0) is 42.5 Å². The molecular formula is C20H18F4N2O6S. The molecule has 1 amide bonds. The summed E-state index contributed by atoms with van der Waals surface area (Å²) in [6, 6.07) is 6.23. The van der Waals surface area contributed by atoms with Gasteiger partial charge in [-0.25, -0.2) is 17.6 Å². The summed E-state index contributed by atoms with van der Waals surface area (Å²) in [5.74, 6) is -2.99. The van der Waals surface area contributed by atoms with Crippen LogP contribution in [0, 0.1) is 5.82 Å². The summed E-state index contributed by atoms with van der Waals surface area (Å²) in [6.07, 6.45) is -4.53. The van der Waals surface area contributed by atoms with Gasteiger partial charge in [-0.2, -0.15) is 17.5 Å². The fourth-order valence-corrected chi connectivity index (χ4v) is 4.41. The van der Waals surface area contributed by atoms with Crippen LogP contribution >= 0.6 is 0 Å². The predicted molar refractivity (Wildman–Crippen MR) is 106 cm³/mol. The smallest absolute Gasteiger partial charge is 0.416 e. The number of morpholine rings is 1. The van der Waals surface area contributed by atoms with Gasteiger partial charge >= 0.3 is 12.1 Å². The summed E-state index contributed by atoms with van der Waals surface area (Å²) in [6.45, 7) is -0.447. The number of benzene rings is 2. The van der Waals surface area contributed by atoms with Crippen LogP contribution in [0.25, 0.3) is 0 Å². The number of nitrogens with one attached hydrogen (secondary N) is 1. The molecular weight excluding hydrogens is 472 g/mol. The number of hydrogen-bond acceptors (Lipinski definition) is 6. The topological polar surface area (TPSA) is 102 Å². The zero-order valence-electron chi connectivity index (χ0n) is 16.9. The predicted octanol–water partition coefficient (Wildman–Crippen LogP) is 2.66. The lowest BCUT2D eigenvalue weighted by molar-refractivity contribution is -0.137. The Labute approximate surface area is 186 Å². The molecule has 178 valence electrons. The molecule has 1 aliphatic heterocycles. The van der Waals surface area contributed by atoms with Crippen molar-refractivity contribution in [1.82, 2.24) is 4.31 Å². The van der Waals surface area contributed by atoms with E-state index in [1.807, 2.05) is 0 Å². The minimum Gasteiger partial charge on any atom is -0.452 e. The van der Waals surface area contributed by atoms with E-state index in [-0.39, 0.29) is 37.6 Å². The second kappa shape index (κ2) is 9.85. The number of sulfonamides is 1. The Morgan fingerprint density at radius 2 is 1.70 bits per heavy atom. The molecule has 0 atom stereocenters. The molecule has 1 heterocycles. The molecule has 0 saturated carbocycles. The van der Waals surface area contributed by atoms with Gasteiger partial charge in [0, 0.05) is 18.8 Å². The maximum atomic E-state index is 14.2. The lowest BCUT2D eigenvalue weighted by atomic mass is 10.2. The second-order valence-electron chi connectivity index (χ2n) is 6.86. The summed E-state index contributed by atoms with van der Waals surface area (Å²) in [4.78, 5) is 23.5. The van der Waals surface area contributed by atoms with Crippen molar-refractivity contribution in [2.24, 2.45) is 0 Å². The highest BCUT2D eigenvalue weighted by molar-refractivity contribution is 7.89. The van der Waals surface area contributed by atoms with Gasteiger partial charge in [0.15, 0.2) is 6.61 Å². The third kappa shape index (κ3) is 6.06. The summed E-state index contributed by atoms with van der Waals surface area (Å²) in [5.41, 5.74) is -1.15. The molecule has 2 aromatic carbocycles. The average molecular weight is 490 g/mol. The maximum Gasteiger partial charge on any atom is 0.416 e. The Hall–Kier alpha value is -3.03. The summed E-state index contributed by atoms with van der Waals surface area (Å²) >= 11 is 0. The van der Waals surface area contributed by atoms with Gasteiger partial charge in [0.05, 0.1) is 24.3 Å². The minimum absolute atomic E-state index is 0.0283. The first kappa shape index (κ1) is 24.6. The molecule has 33 heavy (non-hydrogen) atoms. The van der Waals surface area contributed by atoms with E-state index in [1.165, 1.54) is 0 Å². The fraction of sp³-hybridized carbons (Fsp3) is 0.300. The number of alkyl halides is 3. The molecule has 0 unspecified atom stereocenters. The van der Waals surface area contributed by atoms with Gasteiger partial charge in [-0.15, -0.1) is 0 Å². The van der Waals surface area contributed by atoms with Crippen molar-refractivity contribution in [1.29, 1.82) is 0 Å². The van der Waals surface area contributed by atoms with Crippen LogP contribution in [0.5, 0.6) is 0 Å². The van der Waals surface area contributed by atoms with Crippen LogP contribution in [0.2, 0.25) is 0 Å². The molecule has 0 bridgehead atoms. The molecule has 8 nitrogen and oxygen atoms in total. The van der Waals surface area contributed by atoms with E-state index >= 15 is 0 Å². The number of ether oxygens (including phenoxy) is 2. The molecule has 1 aliphatic rings. The normalized spacial score (nSPS) is 15.2. The van der Waals surface area contributed by atoms with Gasteiger partial charge in [0.2, 0.25) is 10.0 Å². The first-order valence-corrected chi connectivity index (χ1v) is 10.9. The zero-order valence-corrected chi connectivity index (χ0v) is 17.7. The van der Waals surface area contributed by atoms with E-state index in [4.69, 9.17) is 9.47 Å². The monoisotopic (exact) mass is 490 g/mol. The van der Waals surface area contributed by atoms with E-state index in [1.54, 1.807) is 0 Å². The average Bonchev–Trinajstić information content (AvgIpc) is 2.78. The van der Waals surface area contributed by atoms with Gasteiger partial charge in [-0.3, -0.25) is 4.79 Å². The largest absolute Gasteiger partial charge is 0.452 e. The summed E-state index contributed by atoms with van der Waals surface area (Å²) in [7, 11) is -4.22. The summed E-state index contributed by atoms with van der Waals surface area (Å²) in [5, 5.41) is 2.26. The number of rotatable bonds is 6. The van der Waals surface area contributed by atoms with Gasteiger partial charge in [0.1, 0.15) is 10.7 Å². The molecule has 2 aromatic rings. The van der Waals surface area contributed by atoms with Crippen LogP contribution in [0.3, 0.4) is 0 Å². The highest BCUT2D eigenvalue weighted by atomic mass is 32.2. The lowest BCUT2D eigenvalue weighted by Gasteiger charge is -2.26. The van der Waals surface area contributed by atoms with Crippen molar-refractivity contribution in [2.75, 3.05) is 38.2 Å². The number of hydrogen-bond donors (Lipinski definition) is 1. The number of anilines is 1. The molecule has 3 rings (SSSR count). The van der Waals surface area contributed by atoms with Crippen molar-refractivity contribution in [2.45, 2.75) is 11.1 Å². The van der Waals surface area contributed by atoms with E-state index < -0.39 is 51.0 Å². The number of nitrogens with zero attached hydrogens (tertiary/aromatic N) is 1. The van der Waals surface area contributed by atoms with Crippen molar-refractivity contribution >= 4 is 27.6 Å². The standard InChI is InChI=1S/C20H18F4N2O6S/c21-16-6-1-13(11-17(16)33(29,30)26-7-9-31-10-8-26)19(28)32-12-18(27)25-15-4-2-14(3-5-15)20(22,23)24/h1-6,11H,7-10,12H2,(H,25,27). The molecule has 0 aromatic heterocycles. The number of esters is 1. The Morgan fingerprint density at radius 1 is 1.06 bits per heavy atom. The number of carbonyl (C=O) groups is 2. The quantitative estimate of drug-likeness (QED) is 0.494. The highest BCUT2D eigenvalue weighted by Crippen LogP contribution is 2.29. The van der Waals surface area contributed by atoms with Crippen LogP contribution in [0.4, 0.5) is 23.2 Å². The third-order valence-corrected chi connectivity index (χ3v) is 6.50. The van der Waals surface area contributed by atoms with Crippen molar-refractivity contribution in [3.05, 3.63) is 59.4 Å². The van der Waals surface area contributed by atoms with Crippen molar-refractivity contribution < 1.29 is 45.0 Å². The van der Waals surface area contributed by atoms with Crippen LogP contribution in [-0.4, -0.2) is 57.5 Å². The van der Waals surface area contributed by atoms with Crippen molar-refractivity contribution in [3.8, 4) is 0 Å². The zero-order chi connectivity index (χ0) is 24.2. The number of amides is 1. The first-order chi connectivity index (χ1) is 15.5. The fourth-order valence-electron chi connectivity index (χ4n) is 2.91. The molecule has 1 fully saturated rings. The summed E-state index contributed by atoms with van der Waals surface area (Å²) < 4.78 is 88.2. The minimum atomic E-state index is -4.53. The Kier molecular flexibility index (Phi) is 7.34. The van der Waals surface area contributed by atoms with Crippen LogP contribution in [0.15, 0.2) is 47.4 Å². The van der Waals surface area contributed by atoms with Gasteiger partial charge < -0.3 is 14.8 Å². The molecule has 0 spiro atoms. The SMILES string of the molecule is O=C(COC(=O)c1ccc(F)c(S(=O)(=O)N2CCOCC2)c1)Nc1ccc(C(F)(F)F)cc1. The van der Waals surface area contributed by atoms with Crippen LogP contribution in [0.1, 0.15) is 15.9 Å². The van der Waals surface area contributed by atoms with Gasteiger partial charge in [-0.1, -0.05) is 0 Å². The third-order valence-electron chi connectivity index (χ3n) is 4.59. The van der Waals surface area contributed by atoms with E-state index in [9.17, 15) is 35.6 Å². The number of carbonyl (C=O) groups excluding carboxylic acids is 2. The maximum absolute atomic E-state index is 14.2. The Bertz CT molecular complexity index is 1130. The Morgan fingerprint density at radius 3 is 2.30 bits per heavy atom. The molecule has 1 N–H and O–H groups in total. The number of halogens is 4. The van der Waals surface area contributed by atoms with Gasteiger partial charge in [0.25, 0.3) is 5.91 Å². The van der Waals surface area contributed by atoms with Crippen molar-refractivity contribution in [3.63, 3.8) is 0 Å². The molecule has 1 saturated heterocycles.